The summed E-state index contributed by atoms with van der Waals surface area (Å²) in [5.74, 6) is 0.838. The fourth-order valence-electron chi connectivity index (χ4n) is 3.88. The Balaban J connectivity index is 1.59. The van der Waals surface area contributed by atoms with Crippen molar-refractivity contribution < 1.29 is 5.11 Å². The third-order valence-corrected chi connectivity index (χ3v) is 5.23. The number of nitroso groups, excluding NO2 is 1. The third-order valence-electron chi connectivity index (χ3n) is 5.23. The van der Waals surface area contributed by atoms with Gasteiger partial charge in [0.2, 0.25) is 0 Å². The zero-order valence-electron chi connectivity index (χ0n) is 14.6. The fraction of sp³-hybridized carbons (Fsp3) is 0.556. The third kappa shape index (κ3) is 3.04. The van der Waals surface area contributed by atoms with Crippen molar-refractivity contribution in [3.8, 4) is 11.1 Å². The lowest BCUT2D eigenvalue weighted by Crippen LogP contribution is -2.36. The minimum Gasteiger partial charge on any atom is -0.393 e. The Morgan fingerprint density at radius 1 is 1.44 bits per heavy atom. The van der Waals surface area contributed by atoms with Crippen molar-refractivity contribution in [2.45, 2.75) is 45.8 Å². The quantitative estimate of drug-likeness (QED) is 0.668. The van der Waals surface area contributed by atoms with Gasteiger partial charge in [0.25, 0.3) is 0 Å². The number of hydrogen-bond acceptors (Lipinski definition) is 5. The Labute approximate surface area is 146 Å². The number of aliphatic hydroxyl groups is 1. The van der Waals surface area contributed by atoms with E-state index in [1.807, 2.05) is 18.3 Å². The Kier molecular flexibility index (Phi) is 3.83. The summed E-state index contributed by atoms with van der Waals surface area (Å²) in [6, 6.07) is 3.85. The Morgan fingerprint density at radius 2 is 2.24 bits per heavy atom. The minimum atomic E-state index is -0.240. The van der Waals surface area contributed by atoms with Crippen LogP contribution in [-0.4, -0.2) is 32.5 Å². The molecule has 0 unspecified atom stereocenters. The van der Waals surface area contributed by atoms with E-state index < -0.39 is 0 Å². The molecule has 7 heteroatoms. The maximum absolute atomic E-state index is 11.3. The zero-order valence-corrected chi connectivity index (χ0v) is 14.6. The van der Waals surface area contributed by atoms with Crippen molar-refractivity contribution in [2.75, 3.05) is 11.6 Å². The molecule has 0 spiro atoms. The van der Waals surface area contributed by atoms with E-state index in [9.17, 15) is 10.0 Å². The molecule has 2 aromatic heterocycles. The van der Waals surface area contributed by atoms with Crippen LogP contribution >= 0.6 is 0 Å². The molecule has 3 heterocycles. The highest BCUT2D eigenvalue weighted by atomic mass is 16.3. The maximum Gasteiger partial charge on any atom is 0.152 e. The van der Waals surface area contributed by atoms with Crippen LogP contribution in [0.25, 0.3) is 11.1 Å². The number of pyridine rings is 1. The van der Waals surface area contributed by atoms with Gasteiger partial charge in [-0.15, -0.1) is 4.91 Å². The molecule has 1 aliphatic heterocycles. The summed E-state index contributed by atoms with van der Waals surface area (Å²) in [7, 11) is 0. The van der Waals surface area contributed by atoms with E-state index in [4.69, 9.17) is 0 Å². The predicted molar refractivity (Wildman–Crippen MR) is 94.8 cm³/mol. The minimum absolute atomic E-state index is 0.218. The molecule has 1 fully saturated rings. The van der Waals surface area contributed by atoms with Crippen LogP contribution in [0, 0.1) is 16.2 Å². The number of hydrogen-bond donors (Lipinski definition) is 1. The van der Waals surface area contributed by atoms with Gasteiger partial charge in [-0.25, -0.2) is 9.99 Å². The molecule has 0 amide bonds. The first-order valence-corrected chi connectivity index (χ1v) is 8.75. The molecule has 1 aliphatic carbocycles. The standard InChI is InChI=1S/C18H23N5O2/c1-18(2)8-16-15(9-20-23(16)11-18)13-3-4-19-17(7-13)22(21-25)10-12-5-14(24)6-12/h3-4,7,9,12,14,24H,5-6,8,10-11H2,1-2H3. The number of aromatic nitrogens is 3. The van der Waals surface area contributed by atoms with E-state index in [2.05, 4.69) is 33.9 Å². The van der Waals surface area contributed by atoms with E-state index >= 15 is 0 Å². The van der Waals surface area contributed by atoms with E-state index in [-0.39, 0.29) is 11.5 Å². The Morgan fingerprint density at radius 3 is 2.96 bits per heavy atom. The molecule has 1 saturated carbocycles. The topological polar surface area (TPSA) is 83.6 Å². The summed E-state index contributed by atoms with van der Waals surface area (Å²) in [6.45, 7) is 5.91. The summed E-state index contributed by atoms with van der Waals surface area (Å²) in [4.78, 5) is 15.6. The summed E-state index contributed by atoms with van der Waals surface area (Å²) in [5, 5.41) is 18.5. The van der Waals surface area contributed by atoms with Crippen LogP contribution in [0.15, 0.2) is 29.8 Å². The van der Waals surface area contributed by atoms with Gasteiger partial charge in [0.15, 0.2) is 5.82 Å². The van der Waals surface area contributed by atoms with Crippen molar-refractivity contribution in [3.05, 3.63) is 35.1 Å². The fourth-order valence-corrected chi connectivity index (χ4v) is 3.88. The lowest BCUT2D eigenvalue weighted by Gasteiger charge is -2.33. The van der Waals surface area contributed by atoms with Crippen LogP contribution in [0.5, 0.6) is 0 Å². The average Bonchev–Trinajstić information content (AvgIpc) is 3.05. The molecule has 0 saturated heterocycles. The van der Waals surface area contributed by atoms with Crippen molar-refractivity contribution >= 4 is 5.82 Å². The van der Waals surface area contributed by atoms with Crippen LogP contribution in [0.4, 0.5) is 5.82 Å². The van der Waals surface area contributed by atoms with E-state index in [0.717, 1.165) is 36.9 Å². The van der Waals surface area contributed by atoms with Gasteiger partial charge in [-0.3, -0.25) is 4.68 Å². The Hall–Kier alpha value is -2.28. The predicted octanol–water partition coefficient (Wildman–Crippen LogP) is 2.79. The molecule has 25 heavy (non-hydrogen) atoms. The summed E-state index contributed by atoms with van der Waals surface area (Å²) in [5.41, 5.74) is 3.55. The van der Waals surface area contributed by atoms with Gasteiger partial charge in [-0.05, 0) is 48.3 Å². The van der Waals surface area contributed by atoms with Gasteiger partial charge in [-0.2, -0.15) is 5.10 Å². The first-order chi connectivity index (χ1) is 11.9. The van der Waals surface area contributed by atoms with Crippen LogP contribution in [0.3, 0.4) is 0 Å². The number of aliphatic hydroxyl groups excluding tert-OH is 1. The molecule has 4 rings (SSSR count). The van der Waals surface area contributed by atoms with Crippen LogP contribution in [0.2, 0.25) is 0 Å². The summed E-state index contributed by atoms with van der Waals surface area (Å²) in [6.07, 6.45) is 5.79. The number of anilines is 1. The molecular formula is C18H23N5O2. The molecule has 0 bridgehead atoms. The maximum atomic E-state index is 11.3. The van der Waals surface area contributed by atoms with Crippen LogP contribution in [-0.2, 0) is 13.0 Å². The summed E-state index contributed by atoms with van der Waals surface area (Å²) < 4.78 is 2.07. The van der Waals surface area contributed by atoms with Crippen molar-refractivity contribution in [3.63, 3.8) is 0 Å². The second-order valence-corrected chi connectivity index (χ2v) is 8.06. The molecule has 7 nitrogen and oxygen atoms in total. The summed E-state index contributed by atoms with van der Waals surface area (Å²) >= 11 is 0. The van der Waals surface area contributed by atoms with E-state index in [1.54, 1.807) is 6.20 Å². The van der Waals surface area contributed by atoms with Gasteiger partial charge in [0.05, 0.1) is 17.6 Å². The molecule has 132 valence electrons. The van der Waals surface area contributed by atoms with Crippen molar-refractivity contribution in [1.82, 2.24) is 14.8 Å². The van der Waals surface area contributed by atoms with Gasteiger partial charge in [0.1, 0.15) is 0 Å². The molecular weight excluding hydrogens is 318 g/mol. The highest BCUT2D eigenvalue weighted by Gasteiger charge is 2.32. The second-order valence-electron chi connectivity index (χ2n) is 8.06. The number of nitrogens with zero attached hydrogens (tertiary/aromatic N) is 5. The highest BCUT2D eigenvalue weighted by molar-refractivity contribution is 5.68. The lowest BCUT2D eigenvalue weighted by molar-refractivity contribution is 0.0460. The number of fused-ring (bicyclic) bond motifs is 1. The monoisotopic (exact) mass is 341 g/mol. The van der Waals surface area contributed by atoms with Crippen molar-refractivity contribution in [1.29, 1.82) is 0 Å². The second kappa shape index (κ2) is 5.91. The van der Waals surface area contributed by atoms with Gasteiger partial charge < -0.3 is 5.11 Å². The van der Waals surface area contributed by atoms with Crippen LogP contribution in [0.1, 0.15) is 32.4 Å². The molecule has 2 aromatic rings. The van der Waals surface area contributed by atoms with Gasteiger partial charge in [-0.1, -0.05) is 13.8 Å². The molecule has 2 aliphatic rings. The first-order valence-electron chi connectivity index (χ1n) is 8.75. The van der Waals surface area contributed by atoms with E-state index in [0.29, 0.717) is 18.3 Å². The first kappa shape index (κ1) is 16.2. The highest BCUT2D eigenvalue weighted by Crippen LogP contribution is 2.37. The largest absolute Gasteiger partial charge is 0.393 e. The van der Waals surface area contributed by atoms with E-state index in [1.165, 1.54) is 10.7 Å². The smallest absolute Gasteiger partial charge is 0.152 e. The van der Waals surface area contributed by atoms with Crippen LogP contribution < -0.4 is 5.01 Å². The van der Waals surface area contributed by atoms with Gasteiger partial charge >= 0.3 is 0 Å². The molecule has 0 aromatic carbocycles. The normalized spacial score (nSPS) is 23.8. The molecule has 0 atom stereocenters. The molecule has 1 N–H and O–H groups in total. The SMILES string of the molecule is CC1(C)Cc2c(-c3ccnc(N(CC4CC(O)C4)N=O)c3)cnn2C1. The average molecular weight is 341 g/mol. The number of rotatable bonds is 5. The lowest BCUT2D eigenvalue weighted by atomic mass is 9.82. The van der Waals surface area contributed by atoms with Gasteiger partial charge in [0, 0.05) is 30.5 Å². The Bertz CT molecular complexity index is 795. The van der Waals surface area contributed by atoms with Crippen molar-refractivity contribution in [2.24, 2.45) is 16.6 Å². The zero-order chi connectivity index (χ0) is 17.6. The molecule has 0 radical (unpaired) electrons.